The average Bonchev–Trinajstić information content (AvgIpc) is 2.78. The molecule has 1 saturated heterocycles. The maximum absolute atomic E-state index is 13.6. The van der Waals surface area contributed by atoms with Crippen LogP contribution in [0.25, 0.3) is 0 Å². The lowest BCUT2D eigenvalue weighted by molar-refractivity contribution is -0.140. The van der Waals surface area contributed by atoms with Gasteiger partial charge in [0.05, 0.1) is 11.4 Å². The van der Waals surface area contributed by atoms with Crippen LogP contribution in [0.4, 0.5) is 24.7 Å². The molecule has 2 aromatic heterocycles. The maximum atomic E-state index is 13.6. The van der Waals surface area contributed by atoms with E-state index >= 15 is 0 Å². The molecule has 0 atom stereocenters. The van der Waals surface area contributed by atoms with Gasteiger partial charge in [-0.3, -0.25) is 14.5 Å². The highest BCUT2D eigenvalue weighted by atomic mass is 19.4. The quantitative estimate of drug-likeness (QED) is 0.647. The summed E-state index contributed by atoms with van der Waals surface area (Å²) < 4.78 is 40.8. The van der Waals surface area contributed by atoms with Crippen LogP contribution in [0, 0.1) is 0 Å². The summed E-state index contributed by atoms with van der Waals surface area (Å²) in [6.07, 6.45) is -2.17. The van der Waals surface area contributed by atoms with Gasteiger partial charge < -0.3 is 15.5 Å². The van der Waals surface area contributed by atoms with Crippen LogP contribution in [0.15, 0.2) is 24.5 Å². The van der Waals surface area contributed by atoms with Crippen molar-refractivity contribution in [3.63, 3.8) is 0 Å². The second-order valence-electron chi connectivity index (χ2n) is 7.60. The summed E-state index contributed by atoms with van der Waals surface area (Å²) in [4.78, 5) is 39.0. The first kappa shape index (κ1) is 24.4. The van der Waals surface area contributed by atoms with E-state index in [0.29, 0.717) is 50.7 Å². The van der Waals surface area contributed by atoms with Gasteiger partial charge in [0.25, 0.3) is 5.91 Å². The molecular formula is C21H26F3N7O2. The van der Waals surface area contributed by atoms with E-state index in [1.807, 2.05) is 6.92 Å². The van der Waals surface area contributed by atoms with Crippen LogP contribution in [0.5, 0.6) is 0 Å². The second-order valence-corrected chi connectivity index (χ2v) is 7.60. The molecule has 0 bridgehead atoms. The lowest BCUT2D eigenvalue weighted by Crippen LogP contribution is -2.46. The largest absolute Gasteiger partial charge is 0.435 e. The fourth-order valence-corrected chi connectivity index (χ4v) is 3.53. The van der Waals surface area contributed by atoms with Gasteiger partial charge in [-0.1, -0.05) is 6.92 Å². The average molecular weight is 465 g/mol. The zero-order chi connectivity index (χ0) is 24.0. The van der Waals surface area contributed by atoms with Crippen molar-refractivity contribution >= 4 is 23.3 Å². The summed E-state index contributed by atoms with van der Waals surface area (Å²) in [6.45, 7) is 4.12. The Labute approximate surface area is 189 Å². The molecule has 3 rings (SSSR count). The van der Waals surface area contributed by atoms with Crippen molar-refractivity contribution in [3.8, 4) is 0 Å². The number of carbonyl (C=O) groups excluding carboxylic acids is 2. The van der Waals surface area contributed by atoms with Gasteiger partial charge in [-0.05, 0) is 18.6 Å². The van der Waals surface area contributed by atoms with E-state index in [1.54, 1.807) is 11.0 Å². The molecule has 1 aliphatic heterocycles. The summed E-state index contributed by atoms with van der Waals surface area (Å²) >= 11 is 0. The molecule has 9 nitrogen and oxygen atoms in total. The monoisotopic (exact) mass is 465 g/mol. The van der Waals surface area contributed by atoms with E-state index in [2.05, 4.69) is 30.5 Å². The third-order valence-electron chi connectivity index (χ3n) is 5.17. The van der Waals surface area contributed by atoms with E-state index in [0.717, 1.165) is 6.42 Å². The number of nitrogens with zero attached hydrogens (tertiary/aromatic N) is 5. The number of nitrogens with one attached hydrogen (secondary N) is 2. The number of pyridine rings is 1. The first-order valence-electron chi connectivity index (χ1n) is 10.6. The second kappa shape index (κ2) is 10.6. The lowest BCUT2D eigenvalue weighted by Gasteiger charge is -2.36. The number of carbonyl (C=O) groups is 2. The minimum atomic E-state index is -4.68. The zero-order valence-electron chi connectivity index (χ0n) is 18.4. The molecule has 0 aromatic carbocycles. The Hall–Kier alpha value is -3.28. The van der Waals surface area contributed by atoms with Crippen molar-refractivity contribution in [2.75, 3.05) is 43.4 Å². The Bertz CT molecular complexity index is 992. The highest BCUT2D eigenvalue weighted by Crippen LogP contribution is 2.35. The topological polar surface area (TPSA) is 103 Å². The Morgan fingerprint density at radius 3 is 2.48 bits per heavy atom. The van der Waals surface area contributed by atoms with Crippen molar-refractivity contribution in [1.82, 2.24) is 25.2 Å². The number of anilines is 2. The third-order valence-corrected chi connectivity index (χ3v) is 5.17. The number of rotatable bonds is 7. The first-order chi connectivity index (χ1) is 15.7. The van der Waals surface area contributed by atoms with Gasteiger partial charge in [0.15, 0.2) is 5.69 Å². The third kappa shape index (κ3) is 6.37. The Kier molecular flexibility index (Phi) is 7.79. The molecule has 0 unspecified atom stereocenters. The number of alkyl halides is 3. The van der Waals surface area contributed by atoms with Gasteiger partial charge in [0.1, 0.15) is 17.8 Å². The van der Waals surface area contributed by atoms with Crippen LogP contribution < -0.4 is 15.5 Å². The van der Waals surface area contributed by atoms with Crippen molar-refractivity contribution in [2.24, 2.45) is 0 Å². The zero-order valence-corrected chi connectivity index (χ0v) is 18.4. The van der Waals surface area contributed by atoms with Crippen LogP contribution in [-0.2, 0) is 17.5 Å². The number of hydrogen-bond donors (Lipinski definition) is 2. The highest BCUT2D eigenvalue weighted by molar-refractivity contribution is 5.92. The Morgan fingerprint density at radius 1 is 1.12 bits per heavy atom. The number of aromatic nitrogens is 3. The Balaban J connectivity index is 1.66. The lowest BCUT2D eigenvalue weighted by atomic mass is 10.2. The summed E-state index contributed by atoms with van der Waals surface area (Å²) in [5.41, 5.74) is -0.686. The molecular weight excluding hydrogens is 439 g/mol. The molecule has 2 aromatic rings. The van der Waals surface area contributed by atoms with Crippen LogP contribution in [0.2, 0.25) is 0 Å². The van der Waals surface area contributed by atoms with Crippen molar-refractivity contribution < 1.29 is 22.8 Å². The Morgan fingerprint density at radius 2 is 1.85 bits per heavy atom. The van der Waals surface area contributed by atoms with E-state index in [4.69, 9.17) is 0 Å². The van der Waals surface area contributed by atoms with Gasteiger partial charge >= 0.3 is 6.18 Å². The van der Waals surface area contributed by atoms with E-state index < -0.39 is 17.8 Å². The standard InChI is InChI=1S/C21H26F3N7O2/c1-3-4-18(32)29-17-11-14(26-13-27-17)12-30-7-9-31(10-8-30)16-6-5-15(20(33)25-2)28-19(16)21(22,23)24/h5-6,11,13H,3-4,7-10,12H2,1-2H3,(H,25,33)(H,26,27,29,32). The summed E-state index contributed by atoms with van der Waals surface area (Å²) in [7, 11) is 1.34. The predicted octanol–water partition coefficient (Wildman–Crippen LogP) is 2.31. The molecule has 2 amide bonds. The molecule has 0 spiro atoms. The molecule has 0 aliphatic carbocycles. The maximum Gasteiger partial charge on any atom is 0.435 e. The van der Waals surface area contributed by atoms with Gasteiger partial charge in [0.2, 0.25) is 5.91 Å². The van der Waals surface area contributed by atoms with Crippen LogP contribution in [0.3, 0.4) is 0 Å². The molecule has 33 heavy (non-hydrogen) atoms. The van der Waals surface area contributed by atoms with Gasteiger partial charge in [-0.25, -0.2) is 15.0 Å². The van der Waals surface area contributed by atoms with Gasteiger partial charge in [0, 0.05) is 52.3 Å². The smallest absolute Gasteiger partial charge is 0.367 e. The molecule has 0 saturated carbocycles. The fraction of sp³-hybridized carbons (Fsp3) is 0.476. The van der Waals surface area contributed by atoms with Gasteiger partial charge in [-0.15, -0.1) is 0 Å². The van der Waals surface area contributed by atoms with Gasteiger partial charge in [-0.2, -0.15) is 13.2 Å². The van der Waals surface area contributed by atoms with E-state index in [1.165, 1.54) is 25.5 Å². The summed E-state index contributed by atoms with van der Waals surface area (Å²) in [5, 5.41) is 5.01. The van der Waals surface area contributed by atoms with Crippen molar-refractivity contribution in [3.05, 3.63) is 41.6 Å². The predicted molar refractivity (Wildman–Crippen MR) is 116 cm³/mol. The minimum absolute atomic E-state index is 0.0437. The SMILES string of the molecule is CCCC(=O)Nc1cc(CN2CCN(c3ccc(C(=O)NC)nc3C(F)(F)F)CC2)ncn1. The number of piperazine rings is 1. The van der Waals surface area contributed by atoms with Crippen LogP contribution >= 0.6 is 0 Å². The highest BCUT2D eigenvalue weighted by Gasteiger charge is 2.38. The summed E-state index contributed by atoms with van der Waals surface area (Å²) in [6, 6.07) is 4.29. The normalized spacial score (nSPS) is 14.8. The molecule has 12 heteroatoms. The number of halogens is 3. The van der Waals surface area contributed by atoms with Crippen LogP contribution in [0.1, 0.15) is 41.6 Å². The minimum Gasteiger partial charge on any atom is -0.367 e. The summed E-state index contributed by atoms with van der Waals surface area (Å²) in [5.74, 6) is -0.367. The molecule has 0 radical (unpaired) electrons. The molecule has 178 valence electrons. The number of hydrogen-bond acceptors (Lipinski definition) is 7. The number of amides is 2. The molecule has 3 heterocycles. The van der Waals surface area contributed by atoms with Crippen molar-refractivity contribution in [2.45, 2.75) is 32.5 Å². The van der Waals surface area contributed by atoms with E-state index in [9.17, 15) is 22.8 Å². The molecule has 1 fully saturated rings. The molecule has 1 aliphatic rings. The molecule has 2 N–H and O–H groups in total. The van der Waals surface area contributed by atoms with E-state index in [-0.39, 0.29) is 17.3 Å². The van der Waals surface area contributed by atoms with Crippen LogP contribution in [-0.4, -0.2) is 64.9 Å². The fourth-order valence-electron chi connectivity index (χ4n) is 3.53. The first-order valence-corrected chi connectivity index (χ1v) is 10.6. The van der Waals surface area contributed by atoms with Crippen molar-refractivity contribution in [1.29, 1.82) is 0 Å².